The summed E-state index contributed by atoms with van der Waals surface area (Å²) in [6.45, 7) is 11.8. The largest absolute Gasteiger partial charge is 0.0804 e. The average Bonchev–Trinajstić information content (AvgIpc) is 2.82. The predicted octanol–water partition coefficient (Wildman–Crippen LogP) is 4.40. The molecule has 1 unspecified atom stereocenters. The number of allylic oxidation sites excluding steroid dienone is 8. The van der Waals surface area contributed by atoms with Crippen molar-refractivity contribution in [1.82, 2.24) is 0 Å². The topological polar surface area (TPSA) is 0 Å². The molecular weight excluding hydrogens is 208 g/mol. The molecule has 1 heteroatoms. The zero-order valence-corrected chi connectivity index (χ0v) is 12.2. The van der Waals surface area contributed by atoms with E-state index in [-0.39, 0.29) is 0 Å². The fraction of sp³-hybridized carbons (Fsp3) is 0.467. The van der Waals surface area contributed by atoms with Gasteiger partial charge in [-0.05, 0) is 32.8 Å². The van der Waals surface area contributed by atoms with E-state index in [0.29, 0.717) is 5.04 Å². The van der Waals surface area contributed by atoms with E-state index < -0.39 is 8.80 Å². The first-order valence-corrected chi connectivity index (χ1v) is 9.12. The second-order valence-electron chi connectivity index (χ2n) is 5.43. The molecule has 0 radical (unpaired) electrons. The third kappa shape index (κ3) is 1.41. The third-order valence-electron chi connectivity index (χ3n) is 4.43. The maximum absolute atomic E-state index is 2.55. The Bertz CT molecular complexity index is 432. The van der Waals surface area contributed by atoms with Crippen molar-refractivity contribution < 1.29 is 0 Å². The molecule has 0 saturated heterocycles. The molecule has 1 atom stereocenters. The molecule has 0 spiro atoms. The highest BCUT2D eigenvalue weighted by Crippen LogP contribution is 2.56. The van der Waals surface area contributed by atoms with Crippen LogP contribution in [0.1, 0.15) is 27.2 Å². The summed E-state index contributed by atoms with van der Waals surface area (Å²) in [5, 5.41) is 0.331. The zero-order valence-electron chi connectivity index (χ0n) is 11.1. The molecule has 0 aromatic heterocycles. The van der Waals surface area contributed by atoms with Gasteiger partial charge in [0.05, 0.1) is 8.80 Å². The highest BCUT2D eigenvalue weighted by atomic mass is 28.3. The lowest BCUT2D eigenvalue weighted by molar-refractivity contribution is 0.876. The van der Waals surface area contributed by atoms with Crippen molar-refractivity contribution >= 4 is 8.80 Å². The van der Waals surface area contributed by atoms with Gasteiger partial charge in [0.25, 0.3) is 0 Å². The quantitative estimate of drug-likeness (QED) is 0.617. The van der Waals surface area contributed by atoms with Crippen LogP contribution in [0.3, 0.4) is 0 Å². The first-order valence-electron chi connectivity index (χ1n) is 6.24. The molecule has 2 aliphatic carbocycles. The van der Waals surface area contributed by atoms with Crippen molar-refractivity contribution in [2.75, 3.05) is 0 Å². The fourth-order valence-electron chi connectivity index (χ4n) is 3.22. The number of rotatable bonds is 2. The van der Waals surface area contributed by atoms with Crippen LogP contribution in [0.2, 0.25) is 18.1 Å². The maximum atomic E-state index is 2.55. The molecule has 0 N–H and O–H groups in total. The summed E-state index contributed by atoms with van der Waals surface area (Å²) in [5.41, 5.74) is 6.25. The van der Waals surface area contributed by atoms with Crippen LogP contribution in [-0.2, 0) is 0 Å². The highest BCUT2D eigenvalue weighted by Gasteiger charge is 2.41. The number of hydrogen-bond acceptors (Lipinski definition) is 0. The van der Waals surface area contributed by atoms with Crippen LogP contribution in [-0.4, -0.2) is 8.80 Å². The summed E-state index contributed by atoms with van der Waals surface area (Å²) in [6.07, 6.45) is 10.6. The third-order valence-corrected chi connectivity index (χ3v) is 7.22. The van der Waals surface area contributed by atoms with Gasteiger partial charge >= 0.3 is 0 Å². The van der Waals surface area contributed by atoms with Crippen LogP contribution in [0, 0.1) is 0 Å². The molecule has 0 fully saturated rings. The normalized spacial score (nSPS) is 29.1. The lowest BCUT2D eigenvalue weighted by Gasteiger charge is -2.35. The van der Waals surface area contributed by atoms with Gasteiger partial charge in [-0.2, -0.15) is 0 Å². The highest BCUT2D eigenvalue weighted by molar-refractivity contribution is 6.62. The second-order valence-corrected chi connectivity index (χ2v) is 8.65. The minimum absolute atomic E-state index is 0.331. The van der Waals surface area contributed by atoms with E-state index in [1.54, 1.807) is 11.1 Å². The molecule has 0 aromatic rings. The van der Waals surface area contributed by atoms with E-state index in [1.165, 1.54) is 11.1 Å². The lowest BCUT2D eigenvalue weighted by atomic mass is 9.91. The number of hydrogen-bond donors (Lipinski definition) is 0. The van der Waals surface area contributed by atoms with Crippen molar-refractivity contribution in [1.29, 1.82) is 0 Å². The zero-order chi connectivity index (χ0) is 11.9. The molecule has 2 rings (SSSR count). The average molecular weight is 230 g/mol. The Morgan fingerprint density at radius 3 is 2.25 bits per heavy atom. The van der Waals surface area contributed by atoms with Crippen LogP contribution < -0.4 is 0 Å². The van der Waals surface area contributed by atoms with E-state index in [2.05, 4.69) is 58.2 Å². The summed E-state index contributed by atoms with van der Waals surface area (Å²) in [4.78, 5) is 0. The Labute approximate surface area is 101 Å². The van der Waals surface area contributed by atoms with Crippen molar-refractivity contribution in [3.8, 4) is 0 Å². The summed E-state index contributed by atoms with van der Waals surface area (Å²) in [5.74, 6) is 0. The van der Waals surface area contributed by atoms with E-state index in [9.17, 15) is 0 Å². The van der Waals surface area contributed by atoms with Crippen LogP contribution in [0.25, 0.3) is 0 Å². The summed E-state index contributed by atoms with van der Waals surface area (Å²) in [7, 11) is -0.789. The predicted molar refractivity (Wildman–Crippen MR) is 75.5 cm³/mol. The van der Waals surface area contributed by atoms with Gasteiger partial charge in [0, 0.05) is 5.04 Å². The fourth-order valence-corrected chi connectivity index (χ4v) is 5.84. The van der Waals surface area contributed by atoms with Crippen molar-refractivity contribution in [3.05, 3.63) is 46.6 Å². The first-order chi connectivity index (χ1) is 7.50. The van der Waals surface area contributed by atoms with Gasteiger partial charge in [0.15, 0.2) is 0 Å². The molecular formula is C15H22Si. The standard InChI is InChI=1S/C15H22Si/c1-11-10-15(16(4)5,13(3)12(11)2)14-8-6-7-9-14/h6-8,10,16H,9H2,1-5H3. The van der Waals surface area contributed by atoms with Gasteiger partial charge < -0.3 is 0 Å². The van der Waals surface area contributed by atoms with Crippen molar-refractivity contribution in [2.45, 2.75) is 45.3 Å². The van der Waals surface area contributed by atoms with Gasteiger partial charge in [-0.3, -0.25) is 0 Å². The Morgan fingerprint density at radius 2 is 1.88 bits per heavy atom. The Balaban J connectivity index is 2.55. The first kappa shape index (κ1) is 11.7. The van der Waals surface area contributed by atoms with E-state index in [1.807, 2.05) is 0 Å². The minimum Gasteiger partial charge on any atom is -0.0804 e. The Hall–Kier alpha value is -0.823. The van der Waals surface area contributed by atoms with Gasteiger partial charge in [0.1, 0.15) is 0 Å². The monoisotopic (exact) mass is 230 g/mol. The maximum Gasteiger partial charge on any atom is 0.0522 e. The molecule has 0 aliphatic heterocycles. The van der Waals surface area contributed by atoms with Crippen LogP contribution in [0.15, 0.2) is 46.6 Å². The molecule has 2 aliphatic rings. The molecule has 0 amide bonds. The van der Waals surface area contributed by atoms with Crippen LogP contribution >= 0.6 is 0 Å². The van der Waals surface area contributed by atoms with Crippen LogP contribution in [0.5, 0.6) is 0 Å². The second kappa shape index (κ2) is 3.88. The van der Waals surface area contributed by atoms with Gasteiger partial charge in [-0.15, -0.1) is 0 Å². The summed E-state index contributed by atoms with van der Waals surface area (Å²) >= 11 is 0. The molecule has 16 heavy (non-hydrogen) atoms. The molecule has 86 valence electrons. The van der Waals surface area contributed by atoms with Gasteiger partial charge in [0.2, 0.25) is 0 Å². The summed E-state index contributed by atoms with van der Waals surface area (Å²) < 4.78 is 0. The minimum atomic E-state index is -0.789. The van der Waals surface area contributed by atoms with Gasteiger partial charge in [-0.25, -0.2) is 0 Å². The molecule has 0 saturated carbocycles. The SMILES string of the molecule is CC1=CC(C2=CC=CC2)([SiH](C)C)C(C)=C1C. The van der Waals surface area contributed by atoms with E-state index >= 15 is 0 Å². The lowest BCUT2D eigenvalue weighted by Crippen LogP contribution is -2.27. The molecule has 0 nitrogen and oxygen atoms in total. The smallest absolute Gasteiger partial charge is 0.0522 e. The van der Waals surface area contributed by atoms with Gasteiger partial charge in [-0.1, -0.05) is 54.1 Å². The molecule has 0 aromatic carbocycles. The van der Waals surface area contributed by atoms with E-state index in [0.717, 1.165) is 6.42 Å². The van der Waals surface area contributed by atoms with Crippen LogP contribution in [0.4, 0.5) is 0 Å². The Kier molecular flexibility index (Phi) is 2.83. The van der Waals surface area contributed by atoms with Crippen molar-refractivity contribution in [3.63, 3.8) is 0 Å². The molecule has 0 heterocycles. The van der Waals surface area contributed by atoms with Crippen molar-refractivity contribution in [2.24, 2.45) is 0 Å². The Morgan fingerprint density at radius 1 is 1.19 bits per heavy atom. The summed E-state index contributed by atoms with van der Waals surface area (Å²) in [6, 6.07) is 0. The molecule has 0 bridgehead atoms. The van der Waals surface area contributed by atoms with E-state index in [4.69, 9.17) is 0 Å².